The van der Waals surface area contributed by atoms with Gasteiger partial charge in [0.05, 0.1) is 0 Å². The number of hydrogen-bond acceptors (Lipinski definition) is 3. The van der Waals surface area contributed by atoms with Gasteiger partial charge in [-0.15, -0.1) is 0 Å². The van der Waals surface area contributed by atoms with Crippen LogP contribution in [0.2, 0.25) is 0 Å². The number of hydrogen-bond donors (Lipinski definition) is 2. The van der Waals surface area contributed by atoms with Crippen LogP contribution in [0.5, 0.6) is 0 Å². The Morgan fingerprint density at radius 3 is 2.75 bits per heavy atom. The highest BCUT2D eigenvalue weighted by atomic mass is 16.8. The molecule has 2 N–H and O–H groups in total. The second-order valence-corrected chi connectivity index (χ2v) is 1.50. The van der Waals surface area contributed by atoms with Crippen molar-refractivity contribution in [3.63, 3.8) is 0 Å². The smallest absolute Gasteiger partial charge is 0.268 e. The van der Waals surface area contributed by atoms with Gasteiger partial charge in [-0.3, -0.25) is 4.79 Å². The number of amides is 1. The third-order valence-corrected chi connectivity index (χ3v) is 0.711. The lowest BCUT2D eigenvalue weighted by Crippen LogP contribution is -2.34. The van der Waals surface area contributed by atoms with Gasteiger partial charge in [-0.25, -0.2) is 11.0 Å². The van der Waals surface area contributed by atoms with E-state index in [1.54, 1.807) is 6.92 Å². The molecule has 0 saturated carbocycles. The fourth-order valence-electron chi connectivity index (χ4n) is 0.412. The third-order valence-electron chi connectivity index (χ3n) is 0.711. The number of carbonyl (C=O) groups excluding carboxylic acids is 1. The summed E-state index contributed by atoms with van der Waals surface area (Å²) in [6.07, 6.45) is 1.41. The molecule has 0 aromatic heterocycles. The zero-order valence-corrected chi connectivity index (χ0v) is 4.39. The molecule has 0 bridgehead atoms. The van der Waals surface area contributed by atoms with Crippen molar-refractivity contribution in [1.82, 2.24) is 11.0 Å². The topological polar surface area (TPSA) is 50.4 Å². The molecule has 1 aliphatic heterocycles. The average molecular weight is 114 g/mol. The fraction of sp³-hybridized carbons (Fsp3) is 0.250. The highest BCUT2D eigenvalue weighted by Crippen LogP contribution is 1.89. The largest absolute Gasteiger partial charge is 0.271 e. The molecule has 1 aliphatic rings. The van der Waals surface area contributed by atoms with Crippen LogP contribution in [0.1, 0.15) is 6.92 Å². The van der Waals surface area contributed by atoms with E-state index in [2.05, 4.69) is 15.9 Å². The van der Waals surface area contributed by atoms with Gasteiger partial charge < -0.3 is 0 Å². The van der Waals surface area contributed by atoms with Crippen LogP contribution in [0, 0.1) is 0 Å². The van der Waals surface area contributed by atoms with Crippen LogP contribution in [0.3, 0.4) is 0 Å². The Labute approximate surface area is 46.4 Å². The lowest BCUT2D eigenvalue weighted by Gasteiger charge is -2.10. The first-order valence-corrected chi connectivity index (χ1v) is 2.19. The lowest BCUT2D eigenvalue weighted by molar-refractivity contribution is -0.136. The highest BCUT2D eigenvalue weighted by molar-refractivity contribution is 5.87. The molecule has 0 aliphatic carbocycles. The molecule has 1 rings (SSSR count). The molecule has 1 amide bonds. The van der Waals surface area contributed by atoms with Crippen LogP contribution in [0.25, 0.3) is 0 Å². The maximum absolute atomic E-state index is 10.3. The van der Waals surface area contributed by atoms with Crippen LogP contribution in [0.15, 0.2) is 11.8 Å². The van der Waals surface area contributed by atoms with Crippen molar-refractivity contribution in [1.29, 1.82) is 0 Å². The van der Waals surface area contributed by atoms with Crippen LogP contribution in [-0.4, -0.2) is 5.91 Å². The zero-order chi connectivity index (χ0) is 5.98. The number of hydroxylamine groups is 2. The van der Waals surface area contributed by atoms with Crippen LogP contribution in [0.4, 0.5) is 0 Å². The minimum absolute atomic E-state index is 0.235. The van der Waals surface area contributed by atoms with Crippen molar-refractivity contribution < 1.29 is 9.73 Å². The molecule has 0 radical (unpaired) electrons. The number of nitrogens with one attached hydrogen (secondary N) is 2. The minimum Gasteiger partial charge on any atom is -0.268 e. The zero-order valence-electron chi connectivity index (χ0n) is 4.39. The quantitative estimate of drug-likeness (QED) is 0.444. The summed E-state index contributed by atoms with van der Waals surface area (Å²) >= 11 is 0. The van der Waals surface area contributed by atoms with Gasteiger partial charge in [0, 0.05) is 11.8 Å². The summed E-state index contributed by atoms with van der Waals surface area (Å²) < 4.78 is 0. The molecule has 8 heavy (non-hydrogen) atoms. The van der Waals surface area contributed by atoms with Crippen LogP contribution >= 0.6 is 0 Å². The third kappa shape index (κ3) is 0.974. The van der Waals surface area contributed by atoms with E-state index in [4.69, 9.17) is 0 Å². The van der Waals surface area contributed by atoms with Crippen LogP contribution < -0.4 is 11.0 Å². The molecule has 4 nitrogen and oxygen atoms in total. The molecule has 0 fully saturated rings. The van der Waals surface area contributed by atoms with E-state index in [-0.39, 0.29) is 5.91 Å². The van der Waals surface area contributed by atoms with Gasteiger partial charge in [0.1, 0.15) is 0 Å². The van der Waals surface area contributed by atoms with Crippen molar-refractivity contribution >= 4 is 5.91 Å². The summed E-state index contributed by atoms with van der Waals surface area (Å²) in [4.78, 5) is 14.7. The summed E-state index contributed by atoms with van der Waals surface area (Å²) in [7, 11) is 0. The van der Waals surface area contributed by atoms with E-state index < -0.39 is 0 Å². The standard InChI is InChI=1S/C4H6N2O2/c1-3-2-4(7)6-8-5-3/h2,5H,1H3,(H,6,7). The van der Waals surface area contributed by atoms with Crippen molar-refractivity contribution in [3.8, 4) is 0 Å². The van der Waals surface area contributed by atoms with Gasteiger partial charge in [0.2, 0.25) is 0 Å². The van der Waals surface area contributed by atoms with Crippen molar-refractivity contribution in [3.05, 3.63) is 11.8 Å². The molecule has 0 aromatic rings. The van der Waals surface area contributed by atoms with E-state index in [1.165, 1.54) is 6.08 Å². The summed E-state index contributed by atoms with van der Waals surface area (Å²) in [5.41, 5.74) is 5.23. The Bertz CT molecular complexity index is 141. The first kappa shape index (κ1) is 5.11. The molecule has 0 saturated heterocycles. The number of rotatable bonds is 0. The molecule has 0 spiro atoms. The fourth-order valence-corrected chi connectivity index (χ4v) is 0.412. The monoisotopic (exact) mass is 114 g/mol. The maximum Gasteiger partial charge on any atom is 0.271 e. The Balaban J connectivity index is 2.64. The Hall–Kier alpha value is -1.03. The maximum atomic E-state index is 10.3. The van der Waals surface area contributed by atoms with E-state index in [0.717, 1.165) is 0 Å². The van der Waals surface area contributed by atoms with E-state index in [1.807, 2.05) is 0 Å². The van der Waals surface area contributed by atoms with Crippen molar-refractivity contribution in [2.24, 2.45) is 0 Å². The minimum atomic E-state index is -0.235. The summed E-state index contributed by atoms with van der Waals surface area (Å²) in [5.74, 6) is -0.235. The summed E-state index contributed by atoms with van der Waals surface area (Å²) in [5, 5.41) is 0. The molecule has 0 aromatic carbocycles. The highest BCUT2D eigenvalue weighted by Gasteiger charge is 2.02. The SMILES string of the molecule is CC1=CC(=O)NON1. The Morgan fingerprint density at radius 1 is 1.62 bits per heavy atom. The Kier molecular flexibility index (Phi) is 1.17. The number of carbonyl (C=O) groups is 1. The van der Waals surface area contributed by atoms with E-state index >= 15 is 0 Å². The predicted molar refractivity (Wildman–Crippen MR) is 26.1 cm³/mol. The van der Waals surface area contributed by atoms with Gasteiger partial charge in [-0.05, 0) is 6.92 Å². The van der Waals surface area contributed by atoms with Gasteiger partial charge in [-0.2, -0.15) is 4.94 Å². The van der Waals surface area contributed by atoms with Gasteiger partial charge in [0.15, 0.2) is 0 Å². The lowest BCUT2D eigenvalue weighted by atomic mass is 10.4. The molecule has 1 heterocycles. The first-order valence-electron chi connectivity index (χ1n) is 2.19. The van der Waals surface area contributed by atoms with Crippen molar-refractivity contribution in [2.45, 2.75) is 6.92 Å². The van der Waals surface area contributed by atoms with Crippen LogP contribution in [-0.2, 0) is 9.73 Å². The normalized spacial score (nSPS) is 18.6. The van der Waals surface area contributed by atoms with E-state index in [0.29, 0.717) is 5.70 Å². The molecule has 0 atom stereocenters. The molecular formula is C4H6N2O2. The van der Waals surface area contributed by atoms with E-state index in [9.17, 15) is 4.79 Å². The van der Waals surface area contributed by atoms with Gasteiger partial charge in [0.25, 0.3) is 5.91 Å². The molecule has 0 unspecified atom stereocenters. The second-order valence-electron chi connectivity index (χ2n) is 1.50. The molecular weight excluding hydrogens is 108 g/mol. The Morgan fingerprint density at radius 2 is 2.38 bits per heavy atom. The number of allylic oxidation sites excluding steroid dienone is 1. The molecule has 4 heteroatoms. The summed E-state index contributed by atoms with van der Waals surface area (Å²) in [6, 6.07) is 0. The molecule has 44 valence electrons. The van der Waals surface area contributed by atoms with Gasteiger partial charge >= 0.3 is 0 Å². The second kappa shape index (κ2) is 1.83. The predicted octanol–water partition coefficient (Wildman–Crippen LogP) is -0.544. The van der Waals surface area contributed by atoms with Gasteiger partial charge in [-0.1, -0.05) is 0 Å². The van der Waals surface area contributed by atoms with Crippen molar-refractivity contribution in [2.75, 3.05) is 0 Å². The first-order chi connectivity index (χ1) is 3.79. The summed E-state index contributed by atoms with van der Waals surface area (Å²) in [6.45, 7) is 1.73. The average Bonchev–Trinajstić information content (AvgIpc) is 1.64.